The summed E-state index contributed by atoms with van der Waals surface area (Å²) in [6.07, 6.45) is 3.73. The highest BCUT2D eigenvalue weighted by atomic mass is 19.1. The lowest BCUT2D eigenvalue weighted by atomic mass is 10.0. The van der Waals surface area contributed by atoms with Crippen LogP contribution in [0.1, 0.15) is 42.9 Å². The van der Waals surface area contributed by atoms with Gasteiger partial charge in [0.05, 0.1) is 18.3 Å². The molecule has 0 aliphatic heterocycles. The molecule has 0 unspecified atom stereocenters. The number of amides is 2. The van der Waals surface area contributed by atoms with E-state index in [2.05, 4.69) is 15.6 Å². The van der Waals surface area contributed by atoms with Gasteiger partial charge >= 0.3 is 0 Å². The lowest BCUT2D eigenvalue weighted by Crippen LogP contribution is -2.47. The predicted molar refractivity (Wildman–Crippen MR) is 142 cm³/mol. The van der Waals surface area contributed by atoms with Crippen LogP contribution in [0.15, 0.2) is 66.7 Å². The molecule has 0 radical (unpaired) electrons. The summed E-state index contributed by atoms with van der Waals surface area (Å²) in [4.78, 5) is 29.4. The second-order valence-electron chi connectivity index (χ2n) is 9.59. The number of para-hydroxylation sites is 1. The molecule has 1 aliphatic rings. The van der Waals surface area contributed by atoms with Gasteiger partial charge in [0, 0.05) is 11.6 Å². The van der Waals surface area contributed by atoms with Crippen molar-refractivity contribution in [3.63, 3.8) is 0 Å². The van der Waals surface area contributed by atoms with Crippen molar-refractivity contribution in [2.75, 3.05) is 12.0 Å². The average Bonchev–Trinajstić information content (AvgIpc) is 3.58. The van der Waals surface area contributed by atoms with Crippen molar-refractivity contribution in [3.05, 3.63) is 83.7 Å². The van der Waals surface area contributed by atoms with Gasteiger partial charge in [-0.25, -0.2) is 9.07 Å². The van der Waals surface area contributed by atoms with Gasteiger partial charge in [0.15, 0.2) is 0 Å². The van der Waals surface area contributed by atoms with Crippen LogP contribution >= 0.6 is 0 Å². The van der Waals surface area contributed by atoms with E-state index in [-0.39, 0.29) is 18.2 Å². The van der Waals surface area contributed by atoms with Crippen LogP contribution in [0.25, 0.3) is 11.0 Å². The molecule has 0 bridgehead atoms. The zero-order chi connectivity index (χ0) is 26.6. The zero-order valence-corrected chi connectivity index (χ0v) is 21.4. The molecule has 3 aromatic carbocycles. The monoisotopic (exact) mass is 515 g/mol. The predicted octanol–water partition coefficient (Wildman–Crippen LogP) is 4.72. The zero-order valence-electron chi connectivity index (χ0n) is 21.4. The normalized spacial score (nSPS) is 14.4. The van der Waals surface area contributed by atoms with E-state index in [1.807, 2.05) is 37.3 Å². The quantitative estimate of drug-likeness (QED) is 0.367. The SMILES string of the molecule is COc1ccc(C)cc1N(C(=O)Cn1nnc2ccccc21)[C@@H](C(=O)NC1CCCC1)c1ccccc1F. The number of nitrogens with zero attached hydrogens (tertiary/aromatic N) is 4. The minimum absolute atomic E-state index is 0.0209. The van der Waals surface area contributed by atoms with E-state index in [1.165, 1.54) is 22.8 Å². The number of carbonyl (C=O) groups is 2. The number of benzene rings is 3. The summed E-state index contributed by atoms with van der Waals surface area (Å²) >= 11 is 0. The molecule has 8 nitrogen and oxygen atoms in total. The lowest BCUT2D eigenvalue weighted by molar-refractivity contribution is -0.127. The maximum atomic E-state index is 15.3. The molecular formula is C29H30FN5O3. The molecule has 2 amide bonds. The van der Waals surface area contributed by atoms with E-state index in [0.29, 0.717) is 22.5 Å². The summed E-state index contributed by atoms with van der Waals surface area (Å²) in [5.41, 5.74) is 2.65. The highest BCUT2D eigenvalue weighted by molar-refractivity contribution is 6.02. The molecule has 1 saturated carbocycles. The van der Waals surface area contributed by atoms with Gasteiger partial charge in [-0.1, -0.05) is 54.5 Å². The Hall–Kier alpha value is -4.27. The number of aromatic nitrogens is 3. The van der Waals surface area contributed by atoms with Gasteiger partial charge < -0.3 is 10.1 Å². The second kappa shape index (κ2) is 11.0. The fraction of sp³-hybridized carbons (Fsp3) is 0.310. The van der Waals surface area contributed by atoms with Gasteiger partial charge in [0.2, 0.25) is 11.8 Å². The molecule has 1 N–H and O–H groups in total. The maximum absolute atomic E-state index is 15.3. The van der Waals surface area contributed by atoms with E-state index < -0.39 is 23.7 Å². The van der Waals surface area contributed by atoms with Gasteiger partial charge in [0.25, 0.3) is 0 Å². The van der Waals surface area contributed by atoms with Gasteiger partial charge in [-0.05, 0) is 55.7 Å². The summed E-state index contributed by atoms with van der Waals surface area (Å²) in [5.74, 6) is -1.08. The van der Waals surface area contributed by atoms with Crippen molar-refractivity contribution in [1.29, 1.82) is 0 Å². The number of hydrogen-bond donors (Lipinski definition) is 1. The summed E-state index contributed by atoms with van der Waals surface area (Å²) in [6, 6.07) is 17.4. The first kappa shape index (κ1) is 25.4. The highest BCUT2D eigenvalue weighted by Gasteiger charge is 2.37. The number of fused-ring (bicyclic) bond motifs is 1. The van der Waals surface area contributed by atoms with E-state index in [0.717, 1.165) is 31.2 Å². The van der Waals surface area contributed by atoms with E-state index in [1.54, 1.807) is 30.3 Å². The van der Waals surface area contributed by atoms with Crippen LogP contribution in [0, 0.1) is 12.7 Å². The van der Waals surface area contributed by atoms with Crippen molar-refractivity contribution >= 4 is 28.5 Å². The molecule has 1 heterocycles. The second-order valence-corrected chi connectivity index (χ2v) is 9.59. The number of carbonyl (C=O) groups excluding carboxylic acids is 2. The van der Waals surface area contributed by atoms with Crippen LogP contribution in [-0.4, -0.2) is 40.0 Å². The molecule has 196 valence electrons. The fourth-order valence-electron chi connectivity index (χ4n) is 5.09. The van der Waals surface area contributed by atoms with Gasteiger partial charge in [-0.15, -0.1) is 5.10 Å². The first-order chi connectivity index (χ1) is 18.5. The van der Waals surface area contributed by atoms with E-state index in [4.69, 9.17) is 4.74 Å². The third-order valence-electron chi connectivity index (χ3n) is 6.98. The molecule has 38 heavy (non-hydrogen) atoms. The molecule has 5 rings (SSSR count). The van der Waals surface area contributed by atoms with Crippen LogP contribution in [0.2, 0.25) is 0 Å². The topological polar surface area (TPSA) is 89.3 Å². The summed E-state index contributed by atoms with van der Waals surface area (Å²) in [7, 11) is 1.50. The van der Waals surface area contributed by atoms with Crippen molar-refractivity contribution in [3.8, 4) is 5.75 Å². The number of hydrogen-bond acceptors (Lipinski definition) is 5. The Balaban J connectivity index is 1.64. The van der Waals surface area contributed by atoms with Crippen LogP contribution in [0.5, 0.6) is 5.75 Å². The number of halogens is 1. The number of nitrogens with one attached hydrogen (secondary N) is 1. The molecule has 0 spiro atoms. The Bertz CT molecular complexity index is 1460. The standard InChI is InChI=1S/C29H30FN5O3/c1-19-15-16-26(38-2)25(17-19)35(27(36)18-34-24-14-8-7-13-23(24)32-33-34)28(21-11-5-6-12-22(21)30)29(37)31-20-9-3-4-10-20/h5-8,11-17,20,28H,3-4,9-10,18H2,1-2H3,(H,31,37)/t28-/m1/s1. The van der Waals surface area contributed by atoms with Gasteiger partial charge in [-0.3, -0.25) is 14.5 Å². The third kappa shape index (κ3) is 5.09. The van der Waals surface area contributed by atoms with Crippen molar-refractivity contribution in [1.82, 2.24) is 20.3 Å². The molecule has 1 atom stereocenters. The first-order valence-corrected chi connectivity index (χ1v) is 12.8. The molecule has 1 aromatic heterocycles. The summed E-state index contributed by atoms with van der Waals surface area (Å²) < 4.78 is 22.4. The largest absolute Gasteiger partial charge is 0.495 e. The first-order valence-electron chi connectivity index (χ1n) is 12.8. The van der Waals surface area contributed by atoms with Crippen LogP contribution in [0.4, 0.5) is 10.1 Å². The molecule has 0 saturated heterocycles. The lowest BCUT2D eigenvalue weighted by Gasteiger charge is -2.33. The Morgan fingerprint density at radius 3 is 2.61 bits per heavy atom. The molecule has 4 aromatic rings. The Morgan fingerprint density at radius 2 is 1.84 bits per heavy atom. The molecule has 9 heteroatoms. The Morgan fingerprint density at radius 1 is 1.11 bits per heavy atom. The van der Waals surface area contributed by atoms with Crippen LogP contribution < -0.4 is 15.0 Å². The molecule has 1 fully saturated rings. The smallest absolute Gasteiger partial charge is 0.249 e. The van der Waals surface area contributed by atoms with Crippen LogP contribution in [0.3, 0.4) is 0 Å². The van der Waals surface area contributed by atoms with Crippen molar-refractivity contribution in [2.45, 2.75) is 51.2 Å². The fourth-order valence-corrected chi connectivity index (χ4v) is 5.09. The number of ether oxygens (including phenoxy) is 1. The van der Waals surface area contributed by atoms with E-state index in [9.17, 15) is 9.59 Å². The van der Waals surface area contributed by atoms with Crippen LogP contribution in [-0.2, 0) is 16.1 Å². The average molecular weight is 516 g/mol. The van der Waals surface area contributed by atoms with Gasteiger partial charge in [-0.2, -0.15) is 0 Å². The van der Waals surface area contributed by atoms with E-state index >= 15 is 4.39 Å². The number of methoxy groups -OCH3 is 1. The van der Waals surface area contributed by atoms with Gasteiger partial charge in [0.1, 0.15) is 29.7 Å². The Kier molecular flexibility index (Phi) is 7.35. The number of aryl methyl sites for hydroxylation is 1. The maximum Gasteiger partial charge on any atom is 0.249 e. The summed E-state index contributed by atoms with van der Waals surface area (Å²) in [5, 5.41) is 11.4. The summed E-state index contributed by atoms with van der Waals surface area (Å²) in [6.45, 7) is 1.67. The van der Waals surface area contributed by atoms with Crippen molar-refractivity contribution in [2.24, 2.45) is 0 Å². The third-order valence-corrected chi connectivity index (χ3v) is 6.98. The molecular weight excluding hydrogens is 485 g/mol. The molecule has 1 aliphatic carbocycles. The number of anilines is 1. The number of rotatable bonds is 8. The minimum atomic E-state index is -1.27. The Labute approximate surface area is 220 Å². The van der Waals surface area contributed by atoms with Crippen molar-refractivity contribution < 1.29 is 18.7 Å². The minimum Gasteiger partial charge on any atom is -0.495 e. The highest BCUT2D eigenvalue weighted by Crippen LogP contribution is 2.37.